The highest BCUT2D eigenvalue weighted by molar-refractivity contribution is 9.10. The van der Waals surface area contributed by atoms with Crippen molar-refractivity contribution in [1.82, 2.24) is 15.3 Å². The predicted octanol–water partition coefficient (Wildman–Crippen LogP) is 2.73. The van der Waals surface area contributed by atoms with Gasteiger partial charge < -0.3 is 5.32 Å². The highest BCUT2D eigenvalue weighted by atomic mass is 79.9. The molecule has 1 atom stereocenters. The molecule has 2 aromatic heterocycles. The monoisotopic (exact) mass is 305 g/mol. The normalized spacial score (nSPS) is 11.9. The van der Waals surface area contributed by atoms with Crippen LogP contribution >= 0.6 is 15.9 Å². The Bertz CT molecular complexity index is 528. The number of nitrogens with one attached hydrogen (secondary N) is 1. The first-order valence-electron chi connectivity index (χ1n) is 5.49. The lowest BCUT2D eigenvalue weighted by Crippen LogP contribution is -2.27. The van der Waals surface area contributed by atoms with Gasteiger partial charge in [-0.25, -0.2) is 4.98 Å². The molecule has 5 heteroatoms. The van der Waals surface area contributed by atoms with Gasteiger partial charge in [-0.3, -0.25) is 9.78 Å². The molecular weight excluding hydrogens is 294 g/mol. The molecule has 1 amide bonds. The third-order valence-corrected chi connectivity index (χ3v) is 2.96. The molecule has 0 spiro atoms. The number of aromatic nitrogens is 2. The maximum atomic E-state index is 11.9. The van der Waals surface area contributed by atoms with Crippen LogP contribution in [0.5, 0.6) is 0 Å². The number of carbonyl (C=O) groups excluding carboxylic acids is 1. The van der Waals surface area contributed by atoms with Crippen LogP contribution in [0.3, 0.4) is 0 Å². The van der Waals surface area contributed by atoms with Crippen LogP contribution in [0.1, 0.15) is 29.0 Å². The van der Waals surface area contributed by atoms with Gasteiger partial charge >= 0.3 is 0 Å². The predicted molar refractivity (Wildman–Crippen MR) is 72.1 cm³/mol. The molecule has 92 valence electrons. The van der Waals surface area contributed by atoms with Gasteiger partial charge in [0.15, 0.2) is 0 Å². The molecule has 1 N–H and O–H groups in total. The smallest absolute Gasteiger partial charge is 0.270 e. The van der Waals surface area contributed by atoms with E-state index in [0.717, 1.165) is 10.0 Å². The van der Waals surface area contributed by atoms with E-state index in [9.17, 15) is 4.79 Å². The molecule has 0 aliphatic heterocycles. The van der Waals surface area contributed by atoms with Crippen LogP contribution in [0.4, 0.5) is 0 Å². The zero-order valence-electron chi connectivity index (χ0n) is 9.80. The van der Waals surface area contributed by atoms with Gasteiger partial charge in [0.1, 0.15) is 5.69 Å². The average molecular weight is 306 g/mol. The van der Waals surface area contributed by atoms with Crippen LogP contribution in [0.2, 0.25) is 0 Å². The second kappa shape index (κ2) is 5.73. The lowest BCUT2D eigenvalue weighted by molar-refractivity contribution is 0.0935. The first kappa shape index (κ1) is 12.7. The van der Waals surface area contributed by atoms with Gasteiger partial charge in [-0.05, 0) is 46.6 Å². The van der Waals surface area contributed by atoms with E-state index in [4.69, 9.17) is 0 Å². The van der Waals surface area contributed by atoms with Gasteiger partial charge in [-0.1, -0.05) is 6.07 Å². The summed E-state index contributed by atoms with van der Waals surface area (Å²) < 4.78 is 0.847. The SMILES string of the molecule is CC(NC(=O)c1ccc(Br)cn1)c1cccnc1. The van der Waals surface area contributed by atoms with Crippen LogP contribution < -0.4 is 5.32 Å². The molecule has 1 unspecified atom stereocenters. The Balaban J connectivity index is 2.06. The van der Waals surface area contributed by atoms with Crippen molar-refractivity contribution in [3.8, 4) is 0 Å². The maximum absolute atomic E-state index is 11.9. The highest BCUT2D eigenvalue weighted by Gasteiger charge is 2.12. The lowest BCUT2D eigenvalue weighted by Gasteiger charge is -2.13. The molecule has 2 aromatic rings. The molecule has 0 fully saturated rings. The van der Waals surface area contributed by atoms with Crippen molar-refractivity contribution in [2.24, 2.45) is 0 Å². The third kappa shape index (κ3) is 3.13. The average Bonchev–Trinajstić information content (AvgIpc) is 2.40. The van der Waals surface area contributed by atoms with Gasteiger partial charge in [-0.15, -0.1) is 0 Å². The van der Waals surface area contributed by atoms with Gasteiger partial charge in [0.25, 0.3) is 5.91 Å². The molecule has 0 aliphatic rings. The number of halogens is 1. The van der Waals surface area contributed by atoms with Crippen LogP contribution in [-0.2, 0) is 0 Å². The van der Waals surface area contributed by atoms with E-state index in [1.165, 1.54) is 0 Å². The van der Waals surface area contributed by atoms with Gasteiger partial charge in [-0.2, -0.15) is 0 Å². The molecule has 0 saturated carbocycles. The number of amides is 1. The minimum atomic E-state index is -0.196. The fraction of sp³-hybridized carbons (Fsp3) is 0.154. The fourth-order valence-electron chi connectivity index (χ4n) is 1.50. The van der Waals surface area contributed by atoms with E-state index < -0.39 is 0 Å². The lowest BCUT2D eigenvalue weighted by atomic mass is 10.1. The molecule has 0 bridgehead atoms. The van der Waals surface area contributed by atoms with E-state index in [1.54, 1.807) is 30.7 Å². The standard InChI is InChI=1S/C13H12BrN3O/c1-9(10-3-2-6-15-7-10)17-13(18)12-5-4-11(14)8-16-12/h2-9H,1H3,(H,17,18). The van der Waals surface area contributed by atoms with Crippen molar-refractivity contribution < 1.29 is 4.79 Å². The topological polar surface area (TPSA) is 54.9 Å². The molecule has 0 radical (unpaired) electrons. The fourth-order valence-corrected chi connectivity index (χ4v) is 1.73. The zero-order valence-corrected chi connectivity index (χ0v) is 11.4. The Morgan fingerprint density at radius 3 is 2.78 bits per heavy atom. The van der Waals surface area contributed by atoms with Crippen molar-refractivity contribution >= 4 is 21.8 Å². The largest absolute Gasteiger partial charge is 0.344 e. The Kier molecular flexibility index (Phi) is 4.04. The number of hydrogen-bond acceptors (Lipinski definition) is 3. The van der Waals surface area contributed by atoms with E-state index in [0.29, 0.717) is 5.69 Å². The zero-order chi connectivity index (χ0) is 13.0. The van der Waals surface area contributed by atoms with Crippen molar-refractivity contribution in [2.45, 2.75) is 13.0 Å². The number of hydrogen-bond donors (Lipinski definition) is 1. The molecular formula is C13H12BrN3O. The van der Waals surface area contributed by atoms with Gasteiger partial charge in [0.2, 0.25) is 0 Å². The van der Waals surface area contributed by atoms with E-state index >= 15 is 0 Å². The summed E-state index contributed by atoms with van der Waals surface area (Å²) in [5.41, 5.74) is 1.36. The molecule has 4 nitrogen and oxygen atoms in total. The maximum Gasteiger partial charge on any atom is 0.270 e. The summed E-state index contributed by atoms with van der Waals surface area (Å²) >= 11 is 3.28. The Hall–Kier alpha value is -1.75. The molecule has 2 rings (SSSR count). The van der Waals surface area contributed by atoms with E-state index in [1.807, 2.05) is 19.1 Å². The van der Waals surface area contributed by atoms with Crippen molar-refractivity contribution in [3.05, 3.63) is 58.6 Å². The minimum absolute atomic E-state index is 0.100. The second-order valence-electron chi connectivity index (χ2n) is 3.84. The summed E-state index contributed by atoms with van der Waals surface area (Å²) in [4.78, 5) is 20.0. The number of nitrogens with zero attached hydrogens (tertiary/aromatic N) is 2. The Morgan fingerprint density at radius 1 is 1.33 bits per heavy atom. The highest BCUT2D eigenvalue weighted by Crippen LogP contribution is 2.12. The third-order valence-electron chi connectivity index (χ3n) is 2.49. The molecule has 0 aromatic carbocycles. The minimum Gasteiger partial charge on any atom is -0.344 e. The summed E-state index contributed by atoms with van der Waals surface area (Å²) in [5, 5.41) is 2.88. The van der Waals surface area contributed by atoms with Crippen LogP contribution in [-0.4, -0.2) is 15.9 Å². The van der Waals surface area contributed by atoms with E-state index in [-0.39, 0.29) is 11.9 Å². The molecule has 0 aliphatic carbocycles. The molecule has 2 heterocycles. The Labute approximate surface area is 114 Å². The number of carbonyl (C=O) groups is 1. The number of pyridine rings is 2. The second-order valence-corrected chi connectivity index (χ2v) is 4.76. The van der Waals surface area contributed by atoms with Crippen LogP contribution in [0.25, 0.3) is 0 Å². The summed E-state index contributed by atoms with van der Waals surface area (Å²) in [5.74, 6) is -0.196. The number of rotatable bonds is 3. The van der Waals surface area contributed by atoms with E-state index in [2.05, 4.69) is 31.2 Å². The summed E-state index contributed by atoms with van der Waals surface area (Å²) in [6.07, 6.45) is 5.04. The summed E-state index contributed by atoms with van der Waals surface area (Å²) in [6, 6.07) is 7.13. The molecule has 0 saturated heterocycles. The quantitative estimate of drug-likeness (QED) is 0.948. The van der Waals surface area contributed by atoms with Gasteiger partial charge in [0.05, 0.1) is 6.04 Å². The van der Waals surface area contributed by atoms with Crippen molar-refractivity contribution in [1.29, 1.82) is 0 Å². The summed E-state index contributed by atoms with van der Waals surface area (Å²) in [6.45, 7) is 1.91. The Morgan fingerprint density at radius 2 is 2.17 bits per heavy atom. The van der Waals surface area contributed by atoms with Crippen LogP contribution in [0.15, 0.2) is 47.3 Å². The molecule has 18 heavy (non-hydrogen) atoms. The van der Waals surface area contributed by atoms with Gasteiger partial charge in [0, 0.05) is 23.1 Å². The van der Waals surface area contributed by atoms with Crippen molar-refractivity contribution in [3.63, 3.8) is 0 Å². The van der Waals surface area contributed by atoms with Crippen LogP contribution in [0, 0.1) is 0 Å². The first-order valence-corrected chi connectivity index (χ1v) is 6.28. The summed E-state index contributed by atoms with van der Waals surface area (Å²) in [7, 11) is 0. The van der Waals surface area contributed by atoms with Crippen molar-refractivity contribution in [2.75, 3.05) is 0 Å². The first-order chi connectivity index (χ1) is 8.66.